The Balaban J connectivity index is 2.04. The van der Waals surface area contributed by atoms with Gasteiger partial charge in [-0.05, 0) is 29.7 Å². The number of benzene rings is 2. The minimum atomic E-state index is -0.915. The molecule has 0 aliphatic rings. The third-order valence-corrected chi connectivity index (χ3v) is 3.55. The number of hydrogen-bond donors (Lipinski definition) is 1. The van der Waals surface area contributed by atoms with Crippen LogP contribution in [0.5, 0.6) is 5.75 Å². The van der Waals surface area contributed by atoms with Crippen molar-refractivity contribution in [2.24, 2.45) is 0 Å². The summed E-state index contributed by atoms with van der Waals surface area (Å²) in [5.41, 5.74) is 2.25. The number of hydrogen-bond acceptors (Lipinski definition) is 2. The lowest BCUT2D eigenvalue weighted by Gasteiger charge is -2.10. The molecule has 106 valence electrons. The van der Waals surface area contributed by atoms with Crippen LogP contribution in [-0.4, -0.2) is 22.8 Å². The van der Waals surface area contributed by atoms with Crippen LogP contribution in [0.25, 0.3) is 10.9 Å². The molecule has 0 atom stereocenters. The van der Waals surface area contributed by atoms with Crippen molar-refractivity contribution in [2.75, 3.05) is 7.11 Å². The quantitative estimate of drug-likeness (QED) is 0.797. The van der Waals surface area contributed by atoms with Gasteiger partial charge in [0.2, 0.25) is 0 Å². The maximum Gasteiger partial charge on any atom is 0.335 e. The van der Waals surface area contributed by atoms with E-state index in [0.29, 0.717) is 12.1 Å². The van der Waals surface area contributed by atoms with Crippen molar-refractivity contribution < 1.29 is 14.6 Å². The smallest absolute Gasteiger partial charge is 0.335 e. The van der Waals surface area contributed by atoms with E-state index in [1.54, 1.807) is 19.2 Å². The topological polar surface area (TPSA) is 51.5 Å². The van der Waals surface area contributed by atoms with Crippen LogP contribution in [0.15, 0.2) is 54.7 Å². The first-order valence-corrected chi connectivity index (χ1v) is 6.63. The molecule has 0 saturated carbocycles. The van der Waals surface area contributed by atoms with E-state index in [4.69, 9.17) is 9.84 Å². The van der Waals surface area contributed by atoms with Gasteiger partial charge in [-0.15, -0.1) is 0 Å². The first-order chi connectivity index (χ1) is 10.2. The van der Waals surface area contributed by atoms with E-state index in [2.05, 4.69) is 0 Å². The first kappa shape index (κ1) is 13.2. The lowest BCUT2D eigenvalue weighted by atomic mass is 10.1. The summed E-state index contributed by atoms with van der Waals surface area (Å²) in [5.74, 6) is -0.0873. The van der Waals surface area contributed by atoms with Crippen LogP contribution in [-0.2, 0) is 6.54 Å². The van der Waals surface area contributed by atoms with Crippen molar-refractivity contribution in [3.8, 4) is 5.75 Å². The summed E-state index contributed by atoms with van der Waals surface area (Å²) in [7, 11) is 1.65. The third-order valence-electron chi connectivity index (χ3n) is 3.55. The van der Waals surface area contributed by atoms with Crippen LogP contribution in [0.1, 0.15) is 15.9 Å². The number of para-hydroxylation sites is 1. The fourth-order valence-corrected chi connectivity index (χ4v) is 2.47. The molecule has 0 radical (unpaired) electrons. The highest BCUT2D eigenvalue weighted by Crippen LogP contribution is 2.23. The second-order valence-electron chi connectivity index (χ2n) is 4.83. The number of aromatic nitrogens is 1. The van der Waals surface area contributed by atoms with E-state index < -0.39 is 5.97 Å². The van der Waals surface area contributed by atoms with Crippen LogP contribution < -0.4 is 4.74 Å². The Kier molecular flexibility index (Phi) is 3.36. The lowest BCUT2D eigenvalue weighted by Crippen LogP contribution is -2.01. The van der Waals surface area contributed by atoms with Crippen molar-refractivity contribution in [3.05, 3.63) is 65.9 Å². The Labute approximate surface area is 122 Å². The molecule has 0 unspecified atom stereocenters. The van der Waals surface area contributed by atoms with Gasteiger partial charge in [0.25, 0.3) is 0 Å². The Morgan fingerprint density at radius 3 is 2.76 bits per heavy atom. The zero-order valence-corrected chi connectivity index (χ0v) is 11.6. The number of aromatic carboxylic acids is 1. The molecular formula is C17H15NO3. The van der Waals surface area contributed by atoms with Crippen molar-refractivity contribution in [1.82, 2.24) is 4.57 Å². The van der Waals surface area contributed by atoms with Gasteiger partial charge < -0.3 is 14.4 Å². The van der Waals surface area contributed by atoms with Crippen molar-refractivity contribution in [3.63, 3.8) is 0 Å². The molecule has 2 aromatic carbocycles. The van der Waals surface area contributed by atoms with Crippen LogP contribution in [0.4, 0.5) is 0 Å². The number of rotatable bonds is 4. The second-order valence-corrected chi connectivity index (χ2v) is 4.83. The highest BCUT2D eigenvalue weighted by Gasteiger charge is 2.09. The average molecular weight is 281 g/mol. The Morgan fingerprint density at radius 2 is 2.00 bits per heavy atom. The van der Waals surface area contributed by atoms with Gasteiger partial charge in [-0.3, -0.25) is 0 Å². The number of ether oxygens (including phenoxy) is 1. The second kappa shape index (κ2) is 5.32. The van der Waals surface area contributed by atoms with Gasteiger partial charge in [-0.1, -0.05) is 24.3 Å². The standard InChI is InChI=1S/C17H15NO3/c1-21-16-5-3-2-4-14(16)11-18-9-8-12-6-7-13(17(19)20)10-15(12)18/h2-10H,11H2,1H3,(H,19,20). The Morgan fingerprint density at radius 1 is 1.19 bits per heavy atom. The van der Waals surface area contributed by atoms with E-state index in [0.717, 1.165) is 22.2 Å². The highest BCUT2D eigenvalue weighted by molar-refractivity contribution is 5.93. The van der Waals surface area contributed by atoms with Gasteiger partial charge in [-0.25, -0.2) is 4.79 Å². The van der Waals surface area contributed by atoms with Crippen LogP contribution in [0.2, 0.25) is 0 Å². The zero-order chi connectivity index (χ0) is 14.8. The summed E-state index contributed by atoms with van der Waals surface area (Å²) in [6.07, 6.45) is 1.96. The molecule has 1 aromatic heterocycles. The van der Waals surface area contributed by atoms with Gasteiger partial charge in [0.05, 0.1) is 19.2 Å². The maximum absolute atomic E-state index is 11.1. The molecular weight excluding hydrogens is 266 g/mol. The van der Waals surface area contributed by atoms with Crippen molar-refractivity contribution in [1.29, 1.82) is 0 Å². The highest BCUT2D eigenvalue weighted by atomic mass is 16.5. The molecule has 0 fully saturated rings. The van der Waals surface area contributed by atoms with Crippen molar-refractivity contribution in [2.45, 2.75) is 6.54 Å². The summed E-state index contributed by atoms with van der Waals surface area (Å²) in [4.78, 5) is 11.1. The lowest BCUT2D eigenvalue weighted by molar-refractivity contribution is 0.0697. The minimum absolute atomic E-state index is 0.294. The monoisotopic (exact) mass is 281 g/mol. The number of carboxylic acids is 1. The zero-order valence-electron chi connectivity index (χ0n) is 11.6. The summed E-state index contributed by atoms with van der Waals surface area (Å²) in [5, 5.41) is 10.1. The molecule has 0 aliphatic heterocycles. The fourth-order valence-electron chi connectivity index (χ4n) is 2.47. The van der Waals surface area contributed by atoms with Crippen molar-refractivity contribution >= 4 is 16.9 Å². The number of nitrogens with zero attached hydrogens (tertiary/aromatic N) is 1. The number of fused-ring (bicyclic) bond motifs is 1. The van der Waals surface area contributed by atoms with E-state index in [-0.39, 0.29) is 0 Å². The summed E-state index contributed by atoms with van der Waals surface area (Å²) < 4.78 is 7.39. The minimum Gasteiger partial charge on any atom is -0.496 e. The largest absolute Gasteiger partial charge is 0.496 e. The molecule has 4 heteroatoms. The molecule has 0 bridgehead atoms. The molecule has 3 aromatic rings. The van der Waals surface area contributed by atoms with Gasteiger partial charge in [-0.2, -0.15) is 0 Å². The summed E-state index contributed by atoms with van der Waals surface area (Å²) in [6, 6.07) is 15.0. The SMILES string of the molecule is COc1ccccc1Cn1ccc2ccc(C(=O)O)cc21. The van der Waals surface area contributed by atoms with Crippen LogP contribution in [0.3, 0.4) is 0 Å². The Bertz CT molecular complexity index is 805. The molecule has 0 saturated heterocycles. The van der Waals surface area contributed by atoms with Crippen LogP contribution >= 0.6 is 0 Å². The van der Waals surface area contributed by atoms with E-state index >= 15 is 0 Å². The molecule has 4 nitrogen and oxygen atoms in total. The van der Waals surface area contributed by atoms with Crippen LogP contribution in [0, 0.1) is 0 Å². The van der Waals surface area contributed by atoms with E-state index in [1.807, 2.05) is 47.2 Å². The number of carbonyl (C=O) groups is 1. The molecule has 0 aliphatic carbocycles. The molecule has 1 N–H and O–H groups in total. The molecule has 0 amide bonds. The third kappa shape index (κ3) is 2.48. The number of methoxy groups -OCH3 is 1. The van der Waals surface area contributed by atoms with E-state index in [9.17, 15) is 4.79 Å². The summed E-state index contributed by atoms with van der Waals surface area (Å²) >= 11 is 0. The molecule has 0 spiro atoms. The predicted octanol–water partition coefficient (Wildman–Crippen LogP) is 3.40. The van der Waals surface area contributed by atoms with Gasteiger partial charge >= 0.3 is 5.97 Å². The van der Waals surface area contributed by atoms with E-state index in [1.165, 1.54) is 0 Å². The fraction of sp³-hybridized carbons (Fsp3) is 0.118. The predicted molar refractivity (Wildman–Crippen MR) is 81.0 cm³/mol. The van der Waals surface area contributed by atoms with Gasteiger partial charge in [0.1, 0.15) is 5.75 Å². The number of carboxylic acid groups (broad SMARTS) is 1. The molecule has 3 rings (SSSR count). The average Bonchev–Trinajstić information content (AvgIpc) is 2.90. The van der Waals surface area contributed by atoms with Gasteiger partial charge in [0, 0.05) is 17.3 Å². The maximum atomic E-state index is 11.1. The first-order valence-electron chi connectivity index (χ1n) is 6.63. The van der Waals surface area contributed by atoms with Gasteiger partial charge in [0.15, 0.2) is 0 Å². The normalized spacial score (nSPS) is 10.7. The molecule has 21 heavy (non-hydrogen) atoms. The Hall–Kier alpha value is -2.75. The summed E-state index contributed by atoms with van der Waals surface area (Å²) in [6.45, 7) is 0.636. The molecule has 1 heterocycles.